The van der Waals surface area contributed by atoms with Gasteiger partial charge in [-0.15, -0.1) is 3.89 Å². The summed E-state index contributed by atoms with van der Waals surface area (Å²) in [5, 5.41) is 0. The minimum atomic E-state index is -5.17. The van der Waals surface area contributed by atoms with E-state index in [0.717, 1.165) is 6.92 Å². The molecule has 0 bridgehead atoms. The smallest absolute Gasteiger partial charge is 0.341 e. The second-order valence-corrected chi connectivity index (χ2v) is 7.91. The Bertz CT molecular complexity index is 326. The maximum Gasteiger partial charge on any atom is 0.445 e. The van der Waals surface area contributed by atoms with Crippen LogP contribution in [0.1, 0.15) is 13.3 Å². The van der Waals surface area contributed by atoms with E-state index in [1.165, 1.54) is 22.6 Å². The van der Waals surface area contributed by atoms with Gasteiger partial charge in [-0.1, -0.05) is 22.6 Å². The normalized spacial score (nSPS) is 19.2. The van der Waals surface area contributed by atoms with Gasteiger partial charge in [-0.3, -0.25) is 0 Å². The third-order valence-corrected chi connectivity index (χ3v) is 4.92. The highest BCUT2D eigenvalue weighted by atomic mass is 127. The lowest BCUT2D eigenvalue weighted by atomic mass is 10.3. The largest absolute Gasteiger partial charge is 0.445 e. The van der Waals surface area contributed by atoms with Crippen LogP contribution in [0.5, 0.6) is 0 Å². The first-order chi connectivity index (χ1) is 6.88. The maximum atomic E-state index is 12.5. The van der Waals surface area contributed by atoms with Gasteiger partial charge in [-0.25, -0.2) is 4.39 Å². The van der Waals surface area contributed by atoms with E-state index in [4.69, 9.17) is 0 Å². The molecule has 98 valence electrons. The Hall–Kier alpha value is 0.290. The minimum Gasteiger partial charge on any atom is -0.341 e. The van der Waals surface area contributed by atoms with Gasteiger partial charge in [0.1, 0.15) is 0 Å². The maximum absolute atomic E-state index is 12.5. The van der Waals surface area contributed by atoms with E-state index in [1.807, 2.05) is 0 Å². The molecule has 3 nitrogen and oxygen atoms in total. The summed E-state index contributed by atoms with van der Waals surface area (Å²) >= 11 is 1.20. The Labute approximate surface area is 103 Å². The number of alkyl halides is 5. The number of hydrogen-bond donors (Lipinski definition) is 0. The summed E-state index contributed by atoms with van der Waals surface area (Å²) < 4.78 is 82.3. The van der Waals surface area contributed by atoms with Crippen LogP contribution in [-0.2, 0) is 15.0 Å². The van der Waals surface area contributed by atoms with Crippen LogP contribution >= 0.6 is 22.6 Å². The lowest BCUT2D eigenvalue weighted by Gasteiger charge is -2.19. The number of hydrogen-bond acceptors (Lipinski definition) is 3. The lowest BCUT2D eigenvalue weighted by Crippen LogP contribution is -2.31. The summed E-state index contributed by atoms with van der Waals surface area (Å²) in [5.74, 6) is 0. The van der Waals surface area contributed by atoms with Gasteiger partial charge < -0.3 is 4.74 Å². The van der Waals surface area contributed by atoms with Crippen molar-refractivity contribution in [2.75, 3.05) is 6.61 Å². The van der Waals surface area contributed by atoms with E-state index in [2.05, 4.69) is 4.74 Å². The van der Waals surface area contributed by atoms with Crippen LogP contribution in [-0.4, -0.2) is 30.3 Å². The minimum absolute atomic E-state index is 0.594. The lowest BCUT2D eigenvalue weighted by molar-refractivity contribution is -0.264. The first kappa shape index (κ1) is 16.3. The van der Waals surface area contributed by atoms with Gasteiger partial charge in [-0.2, -0.15) is 21.6 Å². The SMILES string of the molecule is CC(I)(CCOC(F)C(F)(F)F)S(=O)(=O)F. The fourth-order valence-corrected chi connectivity index (χ4v) is 1.11. The number of rotatable bonds is 5. The van der Waals surface area contributed by atoms with Gasteiger partial charge in [0.2, 0.25) is 0 Å². The van der Waals surface area contributed by atoms with Crippen molar-refractivity contribution in [3.63, 3.8) is 0 Å². The summed E-state index contributed by atoms with van der Waals surface area (Å²) in [7, 11) is -4.93. The quantitative estimate of drug-likeness (QED) is 0.318. The van der Waals surface area contributed by atoms with E-state index in [0.29, 0.717) is 0 Å². The molecule has 0 amide bonds. The molecule has 10 heteroatoms. The van der Waals surface area contributed by atoms with Gasteiger partial charge in [0.25, 0.3) is 6.36 Å². The van der Waals surface area contributed by atoms with Crippen LogP contribution in [0.4, 0.5) is 21.4 Å². The fraction of sp³-hybridized carbons (Fsp3) is 1.00. The van der Waals surface area contributed by atoms with Crippen molar-refractivity contribution in [1.29, 1.82) is 0 Å². The Morgan fingerprint density at radius 1 is 1.38 bits per heavy atom. The monoisotopic (exact) mass is 382 g/mol. The van der Waals surface area contributed by atoms with E-state index >= 15 is 0 Å². The molecule has 0 N–H and O–H groups in total. The highest BCUT2D eigenvalue weighted by molar-refractivity contribution is 14.1. The van der Waals surface area contributed by atoms with Crippen LogP contribution in [0.25, 0.3) is 0 Å². The van der Waals surface area contributed by atoms with Gasteiger partial charge in [-0.05, 0) is 6.92 Å². The third kappa shape index (κ3) is 5.08. The summed E-state index contributed by atoms with van der Waals surface area (Å²) in [6.45, 7) is 0.0936. The first-order valence-electron chi connectivity index (χ1n) is 3.83. The Balaban J connectivity index is 4.20. The summed E-state index contributed by atoms with van der Waals surface area (Å²) in [6.07, 6.45) is -9.26. The van der Waals surface area contributed by atoms with Gasteiger partial charge in [0.05, 0.1) is 6.61 Å². The highest BCUT2D eigenvalue weighted by Crippen LogP contribution is 2.32. The molecule has 2 atom stereocenters. The Morgan fingerprint density at radius 2 is 1.81 bits per heavy atom. The average Bonchev–Trinajstić information content (AvgIpc) is 1.99. The molecule has 16 heavy (non-hydrogen) atoms. The molecular weight excluding hydrogens is 374 g/mol. The second kappa shape index (κ2) is 5.29. The summed E-state index contributed by atoms with van der Waals surface area (Å²) in [4.78, 5) is 0. The molecule has 0 heterocycles. The fourth-order valence-electron chi connectivity index (χ4n) is 0.561. The molecule has 0 saturated carbocycles. The third-order valence-electron chi connectivity index (χ3n) is 1.58. The molecule has 0 radical (unpaired) electrons. The standard InChI is InChI=1S/C6H8F5IO3S/c1-5(12,16(11,13)14)2-3-15-4(7)6(8,9)10/h4H,2-3H2,1H3. The molecule has 0 rings (SSSR count). The molecule has 0 aliphatic carbocycles. The van der Waals surface area contributed by atoms with E-state index < -0.39 is 38.5 Å². The zero-order valence-corrected chi connectivity index (χ0v) is 10.9. The van der Waals surface area contributed by atoms with Crippen LogP contribution in [0, 0.1) is 0 Å². The summed E-state index contributed by atoms with van der Waals surface area (Å²) in [5.41, 5.74) is 0. The van der Waals surface area contributed by atoms with Crippen LogP contribution < -0.4 is 0 Å². The van der Waals surface area contributed by atoms with Gasteiger partial charge >= 0.3 is 16.4 Å². The van der Waals surface area contributed by atoms with Crippen molar-refractivity contribution >= 4 is 32.8 Å². The molecule has 0 aromatic carbocycles. The highest BCUT2D eigenvalue weighted by Gasteiger charge is 2.42. The van der Waals surface area contributed by atoms with Gasteiger partial charge in [0, 0.05) is 6.42 Å². The van der Waals surface area contributed by atoms with Crippen LogP contribution in [0.2, 0.25) is 0 Å². The number of halogens is 6. The van der Waals surface area contributed by atoms with Crippen LogP contribution in [0.15, 0.2) is 0 Å². The van der Waals surface area contributed by atoms with Crippen molar-refractivity contribution in [3.8, 4) is 0 Å². The molecular formula is C6H8F5IO3S. The topological polar surface area (TPSA) is 43.4 Å². The van der Waals surface area contributed by atoms with Crippen molar-refractivity contribution in [3.05, 3.63) is 0 Å². The van der Waals surface area contributed by atoms with E-state index in [9.17, 15) is 29.9 Å². The van der Waals surface area contributed by atoms with Crippen molar-refractivity contribution in [1.82, 2.24) is 0 Å². The van der Waals surface area contributed by atoms with E-state index in [-0.39, 0.29) is 0 Å². The molecule has 0 aromatic heterocycles. The molecule has 2 unspecified atom stereocenters. The predicted octanol–water partition coefficient (Wildman–Crippen LogP) is 2.70. The molecule has 0 aliphatic heterocycles. The zero-order chi connectivity index (χ0) is 13.2. The molecule has 0 spiro atoms. The van der Waals surface area contributed by atoms with Crippen molar-refractivity contribution in [2.24, 2.45) is 0 Å². The average molecular weight is 382 g/mol. The summed E-state index contributed by atoms with van der Waals surface area (Å²) in [6, 6.07) is 0. The second-order valence-electron chi connectivity index (χ2n) is 3.02. The van der Waals surface area contributed by atoms with E-state index in [1.54, 1.807) is 0 Å². The first-order valence-corrected chi connectivity index (χ1v) is 6.29. The molecule has 0 saturated heterocycles. The molecule has 0 fully saturated rings. The molecule has 0 aliphatic rings. The predicted molar refractivity (Wildman–Crippen MR) is 54.0 cm³/mol. The number of ether oxygens (including phenoxy) is 1. The zero-order valence-electron chi connectivity index (χ0n) is 7.89. The Kier molecular flexibility index (Phi) is 5.39. The van der Waals surface area contributed by atoms with Gasteiger partial charge in [0.15, 0.2) is 2.75 Å². The Morgan fingerprint density at radius 3 is 2.12 bits per heavy atom. The van der Waals surface area contributed by atoms with Crippen molar-refractivity contribution in [2.45, 2.75) is 28.6 Å². The van der Waals surface area contributed by atoms with Crippen molar-refractivity contribution < 1.29 is 34.6 Å². The molecule has 0 aromatic rings. The van der Waals surface area contributed by atoms with Crippen LogP contribution in [0.3, 0.4) is 0 Å².